The molecule has 18 heavy (non-hydrogen) atoms. The average Bonchev–Trinajstić information content (AvgIpc) is 2.36. The van der Waals surface area contributed by atoms with Crippen LogP contribution in [0.1, 0.15) is 13.8 Å². The summed E-state index contributed by atoms with van der Waals surface area (Å²) in [5.74, 6) is 1.49. The highest BCUT2D eigenvalue weighted by Crippen LogP contribution is 2.24. The average molecular weight is 250 g/mol. The molecule has 0 aromatic carbocycles. The van der Waals surface area contributed by atoms with Crippen LogP contribution in [-0.2, 0) is 0 Å². The molecule has 100 valence electrons. The minimum Gasteiger partial charge on any atom is -0.476 e. The topological polar surface area (TPSA) is 54.6 Å². The molecule has 2 heterocycles. The molecule has 1 saturated heterocycles. The molecule has 0 bridgehead atoms. The van der Waals surface area contributed by atoms with Crippen molar-refractivity contribution in [3.8, 4) is 5.88 Å². The van der Waals surface area contributed by atoms with Gasteiger partial charge in [-0.1, -0.05) is 0 Å². The highest BCUT2D eigenvalue weighted by atomic mass is 16.5. The van der Waals surface area contributed by atoms with Crippen LogP contribution in [0.5, 0.6) is 5.88 Å². The molecule has 0 amide bonds. The highest BCUT2D eigenvalue weighted by Gasteiger charge is 2.22. The zero-order valence-corrected chi connectivity index (χ0v) is 11.4. The maximum atomic E-state index is 5.84. The molecule has 1 fully saturated rings. The molecule has 5 heteroatoms. The molecule has 1 aromatic heterocycles. The van der Waals surface area contributed by atoms with Gasteiger partial charge in [-0.2, -0.15) is 4.98 Å². The van der Waals surface area contributed by atoms with E-state index in [1.165, 1.54) is 0 Å². The lowest BCUT2D eigenvalue weighted by atomic mass is 10.2. The molecule has 5 nitrogen and oxygen atoms in total. The number of aromatic nitrogens is 1. The minimum absolute atomic E-state index is 0.536. The zero-order valence-electron chi connectivity index (χ0n) is 11.4. The lowest BCUT2D eigenvalue weighted by Crippen LogP contribution is -2.50. The number of nitrogens with zero attached hydrogens (tertiary/aromatic N) is 3. The number of piperazine rings is 1. The van der Waals surface area contributed by atoms with Gasteiger partial charge in [0.15, 0.2) is 0 Å². The van der Waals surface area contributed by atoms with Gasteiger partial charge >= 0.3 is 0 Å². The third-order valence-electron chi connectivity index (χ3n) is 3.44. The van der Waals surface area contributed by atoms with Crippen LogP contribution in [0.4, 0.5) is 11.5 Å². The molecular formula is C13H22N4O. The summed E-state index contributed by atoms with van der Waals surface area (Å²) in [5, 5.41) is 0. The number of nitrogens with two attached hydrogens (primary N) is 1. The number of anilines is 2. The van der Waals surface area contributed by atoms with Crippen molar-refractivity contribution < 1.29 is 4.74 Å². The molecular weight excluding hydrogens is 228 g/mol. The smallest absolute Gasteiger partial charge is 0.239 e. The van der Waals surface area contributed by atoms with E-state index in [2.05, 4.69) is 28.8 Å². The summed E-state index contributed by atoms with van der Waals surface area (Å²) >= 11 is 0. The lowest BCUT2D eigenvalue weighted by molar-refractivity contribution is 0.233. The Balaban J connectivity index is 2.15. The second-order valence-corrected chi connectivity index (χ2v) is 4.77. The Morgan fingerprint density at radius 3 is 2.89 bits per heavy atom. The molecule has 1 aliphatic rings. The number of likely N-dealkylation sites (N-methyl/N-ethyl adjacent to an activating group) is 1. The van der Waals surface area contributed by atoms with Crippen LogP contribution in [0.15, 0.2) is 12.1 Å². The first-order valence-electron chi connectivity index (χ1n) is 6.46. The fourth-order valence-corrected chi connectivity index (χ4v) is 2.13. The van der Waals surface area contributed by atoms with Crippen LogP contribution < -0.4 is 15.4 Å². The third-order valence-corrected chi connectivity index (χ3v) is 3.44. The fourth-order valence-electron chi connectivity index (χ4n) is 2.13. The SMILES string of the molecule is CCOc1nc(N2CCN(C)C(C)C2)ccc1N. The summed E-state index contributed by atoms with van der Waals surface area (Å²) in [6.07, 6.45) is 0. The molecule has 1 aliphatic heterocycles. The maximum Gasteiger partial charge on any atom is 0.239 e. The summed E-state index contributed by atoms with van der Waals surface area (Å²) in [7, 11) is 2.16. The Kier molecular flexibility index (Phi) is 3.91. The standard InChI is InChI=1S/C13H22N4O/c1-4-18-13-11(14)5-6-12(15-13)17-8-7-16(3)10(2)9-17/h5-6,10H,4,7-9,14H2,1-3H3. The van der Waals surface area contributed by atoms with Crippen molar-refractivity contribution in [3.05, 3.63) is 12.1 Å². The van der Waals surface area contributed by atoms with E-state index in [-0.39, 0.29) is 0 Å². The van der Waals surface area contributed by atoms with Crippen LogP contribution in [-0.4, -0.2) is 49.2 Å². The van der Waals surface area contributed by atoms with Gasteiger partial charge in [-0.05, 0) is 33.0 Å². The number of nitrogen functional groups attached to an aromatic ring is 1. The Labute approximate surface area is 109 Å². The van der Waals surface area contributed by atoms with Gasteiger partial charge in [0.25, 0.3) is 0 Å². The van der Waals surface area contributed by atoms with Gasteiger partial charge in [-0.3, -0.25) is 0 Å². The Morgan fingerprint density at radius 1 is 1.44 bits per heavy atom. The van der Waals surface area contributed by atoms with Gasteiger partial charge in [0.05, 0.1) is 12.3 Å². The molecule has 0 saturated carbocycles. The van der Waals surface area contributed by atoms with E-state index in [0.717, 1.165) is 25.5 Å². The quantitative estimate of drug-likeness (QED) is 0.873. The maximum absolute atomic E-state index is 5.84. The normalized spacial score (nSPS) is 21.1. The Morgan fingerprint density at radius 2 is 2.22 bits per heavy atom. The van der Waals surface area contributed by atoms with Crippen LogP contribution in [0.2, 0.25) is 0 Å². The second kappa shape index (κ2) is 5.44. The summed E-state index contributed by atoms with van der Waals surface area (Å²) in [5.41, 5.74) is 6.44. The van der Waals surface area contributed by atoms with Crippen molar-refractivity contribution in [1.29, 1.82) is 0 Å². The van der Waals surface area contributed by atoms with Gasteiger partial charge in [0, 0.05) is 25.7 Å². The molecule has 0 radical (unpaired) electrons. The number of ether oxygens (including phenoxy) is 1. The van der Waals surface area contributed by atoms with E-state index in [9.17, 15) is 0 Å². The van der Waals surface area contributed by atoms with Crippen LogP contribution in [0, 0.1) is 0 Å². The minimum atomic E-state index is 0.536. The molecule has 1 unspecified atom stereocenters. The number of pyridine rings is 1. The van der Waals surface area contributed by atoms with Crippen LogP contribution in [0.25, 0.3) is 0 Å². The van der Waals surface area contributed by atoms with E-state index in [1.807, 2.05) is 19.1 Å². The van der Waals surface area contributed by atoms with Crippen molar-refractivity contribution in [3.63, 3.8) is 0 Å². The predicted molar refractivity (Wildman–Crippen MR) is 74.1 cm³/mol. The largest absolute Gasteiger partial charge is 0.476 e. The van der Waals surface area contributed by atoms with Gasteiger partial charge in [0.2, 0.25) is 5.88 Å². The summed E-state index contributed by atoms with van der Waals surface area (Å²) in [6, 6.07) is 4.38. The van der Waals surface area contributed by atoms with Crippen LogP contribution >= 0.6 is 0 Å². The van der Waals surface area contributed by atoms with Crippen molar-refractivity contribution in [2.75, 3.05) is 43.9 Å². The molecule has 1 atom stereocenters. The van der Waals surface area contributed by atoms with E-state index < -0.39 is 0 Å². The van der Waals surface area contributed by atoms with E-state index in [4.69, 9.17) is 10.5 Å². The predicted octanol–water partition coefficient (Wildman–Crippen LogP) is 1.20. The van der Waals surface area contributed by atoms with Gasteiger partial charge < -0.3 is 20.3 Å². The molecule has 2 N–H and O–H groups in total. The summed E-state index contributed by atoms with van der Waals surface area (Å²) in [6.45, 7) is 7.78. The number of hydrogen-bond donors (Lipinski definition) is 1. The van der Waals surface area contributed by atoms with Crippen molar-refractivity contribution in [2.24, 2.45) is 0 Å². The molecule has 2 rings (SSSR count). The summed E-state index contributed by atoms with van der Waals surface area (Å²) < 4.78 is 5.44. The van der Waals surface area contributed by atoms with Crippen molar-refractivity contribution >= 4 is 11.5 Å². The molecule has 0 spiro atoms. The molecule has 0 aliphatic carbocycles. The fraction of sp³-hybridized carbons (Fsp3) is 0.615. The third kappa shape index (κ3) is 2.67. The number of rotatable bonds is 3. The first kappa shape index (κ1) is 13.0. The zero-order chi connectivity index (χ0) is 13.1. The van der Waals surface area contributed by atoms with Gasteiger partial charge in [0.1, 0.15) is 5.82 Å². The van der Waals surface area contributed by atoms with E-state index >= 15 is 0 Å². The Bertz CT molecular complexity index is 410. The first-order valence-corrected chi connectivity index (χ1v) is 6.46. The highest BCUT2D eigenvalue weighted by molar-refractivity contribution is 5.54. The summed E-state index contributed by atoms with van der Waals surface area (Å²) in [4.78, 5) is 9.15. The first-order chi connectivity index (χ1) is 8.61. The number of hydrogen-bond acceptors (Lipinski definition) is 5. The van der Waals surface area contributed by atoms with Crippen molar-refractivity contribution in [1.82, 2.24) is 9.88 Å². The monoisotopic (exact) mass is 250 g/mol. The van der Waals surface area contributed by atoms with Gasteiger partial charge in [-0.25, -0.2) is 0 Å². The molecule has 1 aromatic rings. The van der Waals surface area contributed by atoms with Crippen molar-refractivity contribution in [2.45, 2.75) is 19.9 Å². The lowest BCUT2D eigenvalue weighted by Gasteiger charge is -2.38. The van der Waals surface area contributed by atoms with Gasteiger partial charge in [-0.15, -0.1) is 0 Å². The van der Waals surface area contributed by atoms with E-state index in [1.54, 1.807) is 0 Å². The van der Waals surface area contributed by atoms with Crippen LogP contribution in [0.3, 0.4) is 0 Å². The van der Waals surface area contributed by atoms with E-state index in [0.29, 0.717) is 24.2 Å². The Hall–Kier alpha value is -1.49. The second-order valence-electron chi connectivity index (χ2n) is 4.77.